The Labute approximate surface area is 114 Å². The highest BCUT2D eigenvalue weighted by Crippen LogP contribution is 2.18. The molecule has 1 aromatic rings. The van der Waals surface area contributed by atoms with Crippen molar-refractivity contribution in [2.75, 3.05) is 27.2 Å². The standard InChI is InChI=1S/C15H21FN2O/c1-11-10-12(4-5-14(11)16)15(19)18-8-6-13(7-9-18)17(2)3/h4-5,10,13H,6-9H2,1-3H3. The topological polar surface area (TPSA) is 23.6 Å². The molecule has 0 radical (unpaired) electrons. The molecule has 0 spiro atoms. The lowest BCUT2D eigenvalue weighted by atomic mass is 10.0. The number of hydrogen-bond acceptors (Lipinski definition) is 2. The molecular formula is C15H21FN2O. The second-order valence-corrected chi connectivity index (χ2v) is 5.45. The molecular weight excluding hydrogens is 243 g/mol. The molecule has 3 nitrogen and oxygen atoms in total. The van der Waals surface area contributed by atoms with E-state index < -0.39 is 0 Å². The van der Waals surface area contributed by atoms with Crippen molar-refractivity contribution in [3.05, 3.63) is 35.1 Å². The summed E-state index contributed by atoms with van der Waals surface area (Å²) in [6.45, 7) is 3.24. The number of likely N-dealkylation sites (tertiary alicyclic amines) is 1. The fraction of sp³-hybridized carbons (Fsp3) is 0.533. The molecule has 1 aliphatic rings. The van der Waals surface area contributed by atoms with Crippen molar-refractivity contribution in [3.63, 3.8) is 0 Å². The van der Waals surface area contributed by atoms with E-state index in [4.69, 9.17) is 0 Å². The molecule has 4 heteroatoms. The van der Waals surface area contributed by atoms with Crippen molar-refractivity contribution in [3.8, 4) is 0 Å². The van der Waals surface area contributed by atoms with Gasteiger partial charge in [-0.2, -0.15) is 0 Å². The third-order valence-electron chi connectivity index (χ3n) is 3.89. The van der Waals surface area contributed by atoms with Gasteiger partial charge in [0.25, 0.3) is 5.91 Å². The summed E-state index contributed by atoms with van der Waals surface area (Å²) in [5.41, 5.74) is 1.11. The summed E-state index contributed by atoms with van der Waals surface area (Å²) in [4.78, 5) is 16.4. The van der Waals surface area contributed by atoms with Gasteiger partial charge in [0.1, 0.15) is 5.82 Å². The van der Waals surface area contributed by atoms with E-state index in [0.29, 0.717) is 17.2 Å². The van der Waals surface area contributed by atoms with E-state index in [-0.39, 0.29) is 11.7 Å². The number of halogens is 1. The maximum absolute atomic E-state index is 13.2. The van der Waals surface area contributed by atoms with Gasteiger partial charge >= 0.3 is 0 Å². The van der Waals surface area contributed by atoms with Gasteiger partial charge in [0.2, 0.25) is 0 Å². The molecule has 0 N–H and O–H groups in total. The number of piperidine rings is 1. The maximum Gasteiger partial charge on any atom is 0.253 e. The Balaban J connectivity index is 2.03. The Morgan fingerprint density at radius 2 is 1.95 bits per heavy atom. The predicted octanol–water partition coefficient (Wildman–Crippen LogP) is 2.30. The predicted molar refractivity (Wildman–Crippen MR) is 73.7 cm³/mol. The third kappa shape index (κ3) is 3.13. The lowest BCUT2D eigenvalue weighted by Crippen LogP contribution is -2.44. The van der Waals surface area contributed by atoms with Crippen LogP contribution in [-0.2, 0) is 0 Å². The minimum atomic E-state index is -0.261. The van der Waals surface area contributed by atoms with Gasteiger partial charge in [-0.25, -0.2) is 4.39 Å². The summed E-state index contributed by atoms with van der Waals surface area (Å²) < 4.78 is 13.2. The summed E-state index contributed by atoms with van der Waals surface area (Å²) in [5, 5.41) is 0. The zero-order valence-corrected chi connectivity index (χ0v) is 11.8. The van der Waals surface area contributed by atoms with E-state index in [2.05, 4.69) is 19.0 Å². The van der Waals surface area contributed by atoms with Crippen molar-refractivity contribution in [1.82, 2.24) is 9.80 Å². The van der Waals surface area contributed by atoms with Crippen LogP contribution in [0.25, 0.3) is 0 Å². The van der Waals surface area contributed by atoms with E-state index in [1.54, 1.807) is 19.1 Å². The molecule has 0 aromatic heterocycles. The smallest absolute Gasteiger partial charge is 0.253 e. The van der Waals surface area contributed by atoms with Gasteiger partial charge in [-0.05, 0) is 57.6 Å². The van der Waals surface area contributed by atoms with E-state index in [0.717, 1.165) is 25.9 Å². The third-order valence-corrected chi connectivity index (χ3v) is 3.89. The van der Waals surface area contributed by atoms with Crippen molar-refractivity contribution < 1.29 is 9.18 Å². The zero-order valence-electron chi connectivity index (χ0n) is 11.8. The van der Waals surface area contributed by atoms with Crippen molar-refractivity contribution >= 4 is 5.91 Å². The van der Waals surface area contributed by atoms with Crippen LogP contribution in [0.1, 0.15) is 28.8 Å². The molecule has 0 bridgehead atoms. The van der Waals surface area contributed by atoms with E-state index in [1.165, 1.54) is 6.07 Å². The zero-order chi connectivity index (χ0) is 14.0. The van der Waals surface area contributed by atoms with Crippen LogP contribution in [0.15, 0.2) is 18.2 Å². The lowest BCUT2D eigenvalue weighted by molar-refractivity contribution is 0.0663. The van der Waals surface area contributed by atoms with Crippen LogP contribution in [0.2, 0.25) is 0 Å². The van der Waals surface area contributed by atoms with Crippen LogP contribution >= 0.6 is 0 Å². The summed E-state index contributed by atoms with van der Waals surface area (Å²) in [6, 6.07) is 5.13. The number of carbonyl (C=O) groups is 1. The Kier molecular flexibility index (Phi) is 4.20. The van der Waals surface area contributed by atoms with Gasteiger partial charge < -0.3 is 9.80 Å². The number of nitrogens with zero attached hydrogens (tertiary/aromatic N) is 2. The van der Waals surface area contributed by atoms with Gasteiger partial charge in [0.05, 0.1) is 0 Å². The van der Waals surface area contributed by atoms with E-state index in [9.17, 15) is 9.18 Å². The molecule has 0 aliphatic carbocycles. The van der Waals surface area contributed by atoms with Gasteiger partial charge in [-0.3, -0.25) is 4.79 Å². The van der Waals surface area contributed by atoms with Crippen LogP contribution < -0.4 is 0 Å². The van der Waals surface area contributed by atoms with Crippen molar-refractivity contribution in [2.24, 2.45) is 0 Å². The normalized spacial score (nSPS) is 17.0. The van der Waals surface area contributed by atoms with Crippen LogP contribution in [0, 0.1) is 12.7 Å². The highest BCUT2D eigenvalue weighted by Gasteiger charge is 2.24. The minimum Gasteiger partial charge on any atom is -0.339 e. The molecule has 1 heterocycles. The first kappa shape index (κ1) is 14.0. The monoisotopic (exact) mass is 264 g/mol. The molecule has 104 valence electrons. The first-order chi connectivity index (χ1) is 8.99. The fourth-order valence-corrected chi connectivity index (χ4v) is 2.55. The number of benzene rings is 1. The quantitative estimate of drug-likeness (QED) is 0.818. The van der Waals surface area contributed by atoms with Crippen LogP contribution in [0.4, 0.5) is 4.39 Å². The van der Waals surface area contributed by atoms with Crippen LogP contribution in [0.3, 0.4) is 0 Å². The number of hydrogen-bond donors (Lipinski definition) is 0. The molecule has 2 rings (SSSR count). The Hall–Kier alpha value is -1.42. The highest BCUT2D eigenvalue weighted by atomic mass is 19.1. The number of amides is 1. The first-order valence-corrected chi connectivity index (χ1v) is 6.71. The second kappa shape index (κ2) is 5.70. The Morgan fingerprint density at radius 3 is 2.47 bits per heavy atom. The van der Waals surface area contributed by atoms with Crippen molar-refractivity contribution in [2.45, 2.75) is 25.8 Å². The number of rotatable bonds is 2. The van der Waals surface area contributed by atoms with Gasteiger partial charge in [-0.15, -0.1) is 0 Å². The highest BCUT2D eigenvalue weighted by molar-refractivity contribution is 5.94. The second-order valence-electron chi connectivity index (χ2n) is 5.45. The molecule has 1 fully saturated rings. The van der Waals surface area contributed by atoms with Gasteiger partial charge in [0, 0.05) is 24.7 Å². The largest absolute Gasteiger partial charge is 0.339 e. The Morgan fingerprint density at radius 1 is 1.32 bits per heavy atom. The van der Waals surface area contributed by atoms with Crippen LogP contribution in [0.5, 0.6) is 0 Å². The van der Waals surface area contributed by atoms with Crippen molar-refractivity contribution in [1.29, 1.82) is 0 Å². The average Bonchev–Trinajstić information content (AvgIpc) is 2.41. The van der Waals surface area contributed by atoms with E-state index >= 15 is 0 Å². The lowest BCUT2D eigenvalue weighted by Gasteiger charge is -2.35. The SMILES string of the molecule is Cc1cc(C(=O)N2CCC(N(C)C)CC2)ccc1F. The molecule has 1 aliphatic heterocycles. The fourth-order valence-electron chi connectivity index (χ4n) is 2.55. The molecule has 19 heavy (non-hydrogen) atoms. The summed E-state index contributed by atoms with van der Waals surface area (Å²) in [5.74, 6) is -0.247. The van der Waals surface area contributed by atoms with Crippen LogP contribution in [-0.4, -0.2) is 48.9 Å². The Bertz CT molecular complexity index is 465. The molecule has 1 saturated heterocycles. The summed E-state index contributed by atoms with van der Waals surface area (Å²) in [6.07, 6.45) is 2.00. The molecule has 1 aromatic carbocycles. The maximum atomic E-state index is 13.2. The number of carbonyl (C=O) groups excluding carboxylic acids is 1. The average molecular weight is 264 g/mol. The first-order valence-electron chi connectivity index (χ1n) is 6.71. The molecule has 1 amide bonds. The number of aryl methyl sites for hydroxylation is 1. The van der Waals surface area contributed by atoms with Gasteiger partial charge in [-0.1, -0.05) is 0 Å². The molecule has 0 saturated carbocycles. The minimum absolute atomic E-state index is 0.0142. The molecule has 0 unspecified atom stereocenters. The summed E-state index contributed by atoms with van der Waals surface area (Å²) in [7, 11) is 4.15. The summed E-state index contributed by atoms with van der Waals surface area (Å²) >= 11 is 0. The van der Waals surface area contributed by atoms with E-state index in [1.807, 2.05) is 4.90 Å². The van der Waals surface area contributed by atoms with Gasteiger partial charge in [0.15, 0.2) is 0 Å². The molecule has 0 atom stereocenters.